The average Bonchev–Trinajstić information content (AvgIpc) is 2.46. The molecule has 0 unspecified atom stereocenters. The molecule has 1 heterocycles. The van der Waals surface area contributed by atoms with Gasteiger partial charge in [-0.05, 0) is 26.0 Å². The first-order valence-electron chi connectivity index (χ1n) is 4.19. The lowest BCUT2D eigenvalue weighted by Gasteiger charge is -1.99. The van der Waals surface area contributed by atoms with E-state index in [-0.39, 0.29) is 11.5 Å². The van der Waals surface area contributed by atoms with E-state index in [1.165, 1.54) is 18.3 Å². The third-order valence-electron chi connectivity index (χ3n) is 2.02. The molecule has 1 aromatic carbocycles. The Kier molecular flexibility index (Phi) is 2.00. The van der Waals surface area contributed by atoms with Crippen molar-refractivity contribution in [3.63, 3.8) is 0 Å². The van der Waals surface area contributed by atoms with Crippen molar-refractivity contribution >= 4 is 27.3 Å². The highest BCUT2D eigenvalue weighted by Crippen LogP contribution is 2.33. The van der Waals surface area contributed by atoms with Crippen molar-refractivity contribution < 1.29 is 9.90 Å². The Balaban J connectivity index is 2.80. The van der Waals surface area contributed by atoms with E-state index in [1.807, 2.05) is 6.92 Å². The number of nitrogens with zero attached hydrogens (tertiary/aromatic N) is 1. The molecule has 0 aliphatic heterocycles. The van der Waals surface area contributed by atoms with Gasteiger partial charge in [0.15, 0.2) is 5.78 Å². The van der Waals surface area contributed by atoms with Gasteiger partial charge >= 0.3 is 0 Å². The van der Waals surface area contributed by atoms with Crippen LogP contribution in [-0.2, 0) is 0 Å². The van der Waals surface area contributed by atoms with Crippen molar-refractivity contribution in [2.24, 2.45) is 0 Å². The summed E-state index contributed by atoms with van der Waals surface area (Å²) >= 11 is 1.40. The first-order chi connectivity index (χ1) is 6.59. The molecule has 0 aliphatic carbocycles. The third kappa shape index (κ3) is 1.28. The van der Waals surface area contributed by atoms with Gasteiger partial charge in [-0.2, -0.15) is 0 Å². The van der Waals surface area contributed by atoms with Gasteiger partial charge in [0.05, 0.1) is 20.8 Å². The van der Waals surface area contributed by atoms with Gasteiger partial charge in [-0.15, -0.1) is 11.3 Å². The Morgan fingerprint density at radius 2 is 2.21 bits per heavy atom. The lowest BCUT2D eigenvalue weighted by atomic mass is 10.1. The van der Waals surface area contributed by atoms with Crippen LogP contribution in [-0.4, -0.2) is 15.9 Å². The molecule has 0 spiro atoms. The molecule has 14 heavy (non-hydrogen) atoms. The molecule has 0 radical (unpaired) electrons. The first-order valence-corrected chi connectivity index (χ1v) is 5.01. The molecule has 0 bridgehead atoms. The second-order valence-electron chi connectivity index (χ2n) is 3.10. The maximum atomic E-state index is 11.1. The minimum Gasteiger partial charge on any atom is -0.506 e. The van der Waals surface area contributed by atoms with Gasteiger partial charge in [0, 0.05) is 0 Å². The summed E-state index contributed by atoms with van der Waals surface area (Å²) < 4.78 is 0.690. The number of fused-ring (bicyclic) bond motifs is 1. The predicted octanol–water partition coefficient (Wildman–Crippen LogP) is 2.51. The second kappa shape index (κ2) is 3.06. The zero-order chi connectivity index (χ0) is 10.3. The van der Waals surface area contributed by atoms with E-state index in [0.29, 0.717) is 10.3 Å². The van der Waals surface area contributed by atoms with Crippen LogP contribution in [0.2, 0.25) is 0 Å². The number of thiazole rings is 1. The molecule has 4 heteroatoms. The van der Waals surface area contributed by atoms with Crippen LogP contribution in [0.5, 0.6) is 5.75 Å². The molecule has 3 nitrogen and oxygen atoms in total. The maximum absolute atomic E-state index is 11.1. The second-order valence-corrected chi connectivity index (χ2v) is 4.30. The molecule has 0 amide bonds. The van der Waals surface area contributed by atoms with Gasteiger partial charge in [-0.1, -0.05) is 0 Å². The summed E-state index contributed by atoms with van der Waals surface area (Å²) in [4.78, 5) is 15.4. The lowest BCUT2D eigenvalue weighted by molar-refractivity contribution is 0.101. The van der Waals surface area contributed by atoms with Gasteiger partial charge in [0.1, 0.15) is 5.75 Å². The van der Waals surface area contributed by atoms with Crippen molar-refractivity contribution in [3.05, 3.63) is 22.7 Å². The summed E-state index contributed by atoms with van der Waals surface area (Å²) in [5.41, 5.74) is 1.11. The Morgan fingerprint density at radius 1 is 1.50 bits per heavy atom. The fraction of sp³-hybridized carbons (Fsp3) is 0.200. The number of rotatable bonds is 1. The molecule has 1 aromatic heterocycles. The summed E-state index contributed by atoms with van der Waals surface area (Å²) in [5, 5.41) is 10.7. The Hall–Kier alpha value is -1.42. The lowest BCUT2D eigenvalue weighted by Crippen LogP contribution is -1.91. The molecular weight excluding hydrogens is 198 g/mol. The standard InChI is InChI=1S/C10H9NO2S/c1-5(12)7-3-4-8-10(9(7)13)14-6(2)11-8/h3-4,13H,1-2H3. The number of aryl methyl sites for hydroxylation is 1. The van der Waals surface area contributed by atoms with Crippen LogP contribution in [0, 0.1) is 6.92 Å². The maximum Gasteiger partial charge on any atom is 0.163 e. The van der Waals surface area contributed by atoms with E-state index in [1.54, 1.807) is 12.1 Å². The minimum atomic E-state index is -0.129. The molecule has 72 valence electrons. The van der Waals surface area contributed by atoms with Gasteiger partial charge < -0.3 is 5.11 Å². The predicted molar refractivity (Wildman–Crippen MR) is 56.0 cm³/mol. The molecule has 0 fully saturated rings. The number of phenolic OH excluding ortho intramolecular Hbond substituents is 1. The van der Waals surface area contributed by atoms with Gasteiger partial charge in [-0.3, -0.25) is 4.79 Å². The molecule has 1 N–H and O–H groups in total. The largest absolute Gasteiger partial charge is 0.506 e. The smallest absolute Gasteiger partial charge is 0.163 e. The Morgan fingerprint density at radius 3 is 2.86 bits per heavy atom. The van der Waals surface area contributed by atoms with E-state index in [4.69, 9.17) is 0 Å². The zero-order valence-corrected chi connectivity index (χ0v) is 8.68. The number of aromatic nitrogens is 1. The summed E-state index contributed by atoms with van der Waals surface area (Å²) in [7, 11) is 0. The number of Topliss-reactive ketones (excluding diaryl/α,β-unsaturated/α-hetero) is 1. The number of phenols is 1. The number of carbonyl (C=O) groups is 1. The number of hydrogen-bond donors (Lipinski definition) is 1. The fourth-order valence-electron chi connectivity index (χ4n) is 1.37. The van der Waals surface area contributed by atoms with Crippen molar-refractivity contribution in [1.82, 2.24) is 4.98 Å². The highest BCUT2D eigenvalue weighted by atomic mass is 32.1. The molecule has 2 aromatic rings. The van der Waals surface area contributed by atoms with Crippen molar-refractivity contribution in [3.8, 4) is 5.75 Å². The summed E-state index contributed by atoms with van der Waals surface area (Å²) in [6.07, 6.45) is 0. The third-order valence-corrected chi connectivity index (χ3v) is 3.01. The fourth-order valence-corrected chi connectivity index (χ4v) is 2.24. The van der Waals surface area contributed by atoms with Gasteiger partial charge in [0.2, 0.25) is 0 Å². The van der Waals surface area contributed by atoms with Crippen LogP contribution in [0.25, 0.3) is 10.2 Å². The van der Waals surface area contributed by atoms with Gasteiger partial charge in [-0.25, -0.2) is 4.98 Å². The number of hydrogen-bond acceptors (Lipinski definition) is 4. The van der Waals surface area contributed by atoms with E-state index in [9.17, 15) is 9.90 Å². The summed E-state index contributed by atoms with van der Waals surface area (Å²) in [5.74, 6) is -0.0731. The first kappa shape index (κ1) is 9.15. The van der Waals surface area contributed by atoms with E-state index in [2.05, 4.69) is 4.98 Å². The zero-order valence-electron chi connectivity index (χ0n) is 7.87. The molecule has 2 rings (SSSR count). The van der Waals surface area contributed by atoms with Crippen molar-refractivity contribution in [2.75, 3.05) is 0 Å². The summed E-state index contributed by atoms with van der Waals surface area (Å²) in [6, 6.07) is 3.37. The van der Waals surface area contributed by atoms with Crippen molar-refractivity contribution in [2.45, 2.75) is 13.8 Å². The van der Waals surface area contributed by atoms with Crippen LogP contribution in [0.1, 0.15) is 22.3 Å². The minimum absolute atomic E-state index is 0.0561. The SMILES string of the molecule is CC(=O)c1ccc2nc(C)sc2c1O. The van der Waals surface area contributed by atoms with Crippen LogP contribution < -0.4 is 0 Å². The average molecular weight is 207 g/mol. The quantitative estimate of drug-likeness (QED) is 0.731. The van der Waals surface area contributed by atoms with Crippen LogP contribution >= 0.6 is 11.3 Å². The number of carbonyl (C=O) groups excluding carboxylic acids is 1. The number of aromatic hydroxyl groups is 1. The molecule has 0 saturated carbocycles. The van der Waals surface area contributed by atoms with Crippen LogP contribution in [0.3, 0.4) is 0 Å². The Bertz CT molecular complexity index is 516. The van der Waals surface area contributed by atoms with E-state index < -0.39 is 0 Å². The van der Waals surface area contributed by atoms with Gasteiger partial charge in [0.25, 0.3) is 0 Å². The Labute approximate surface area is 85.0 Å². The van der Waals surface area contributed by atoms with Crippen LogP contribution in [0.15, 0.2) is 12.1 Å². The highest BCUT2D eigenvalue weighted by molar-refractivity contribution is 7.18. The summed E-state index contributed by atoms with van der Waals surface area (Å²) in [6.45, 7) is 3.31. The number of benzene rings is 1. The van der Waals surface area contributed by atoms with Crippen molar-refractivity contribution in [1.29, 1.82) is 0 Å². The highest BCUT2D eigenvalue weighted by Gasteiger charge is 2.12. The topological polar surface area (TPSA) is 50.2 Å². The molecule has 0 atom stereocenters. The normalized spacial score (nSPS) is 10.7. The van der Waals surface area contributed by atoms with Crippen LogP contribution in [0.4, 0.5) is 0 Å². The molecule has 0 aliphatic rings. The number of ketones is 1. The van der Waals surface area contributed by atoms with E-state index in [0.717, 1.165) is 10.5 Å². The monoisotopic (exact) mass is 207 g/mol. The molecule has 0 saturated heterocycles. The molecular formula is C10H9NO2S. The van der Waals surface area contributed by atoms with E-state index >= 15 is 0 Å².